The number of amides is 2. The average Bonchev–Trinajstić information content (AvgIpc) is 2.86. The molecule has 5 rings (SSSR count). The SMILES string of the molecule is CC(C)c1ccc(NC(=S)Nc2cccc3cc4cccc5c4c(c23)C(=O)N(CCN(C)C)C5=O)cc1. The molecule has 0 unspecified atom stereocenters. The Hall–Kier alpha value is -3.81. The van der Waals surface area contributed by atoms with Crippen molar-refractivity contribution in [2.45, 2.75) is 19.8 Å². The van der Waals surface area contributed by atoms with Crippen molar-refractivity contribution in [1.29, 1.82) is 0 Å². The van der Waals surface area contributed by atoms with Crippen LogP contribution in [-0.2, 0) is 0 Å². The van der Waals surface area contributed by atoms with Crippen molar-refractivity contribution >= 4 is 62.1 Å². The number of benzene rings is 4. The molecule has 0 spiro atoms. The van der Waals surface area contributed by atoms with E-state index in [1.165, 1.54) is 10.5 Å². The monoisotopic (exact) mass is 510 g/mol. The minimum Gasteiger partial charge on any atom is -0.332 e. The molecule has 0 bridgehead atoms. The zero-order chi connectivity index (χ0) is 26.3. The number of carbonyl (C=O) groups is 2. The lowest BCUT2D eigenvalue weighted by molar-refractivity contribution is 0.0602. The molecular formula is C30H30N4O2S. The van der Waals surface area contributed by atoms with Gasteiger partial charge in [-0.15, -0.1) is 0 Å². The van der Waals surface area contributed by atoms with Gasteiger partial charge in [0.25, 0.3) is 11.8 Å². The molecular weight excluding hydrogens is 480 g/mol. The molecule has 0 fully saturated rings. The largest absolute Gasteiger partial charge is 0.332 e. The predicted molar refractivity (Wildman–Crippen MR) is 156 cm³/mol. The van der Waals surface area contributed by atoms with Crippen LogP contribution < -0.4 is 10.6 Å². The minimum atomic E-state index is -0.279. The van der Waals surface area contributed by atoms with Gasteiger partial charge in [-0.3, -0.25) is 14.5 Å². The Bertz CT molecular complexity index is 1540. The number of hydrogen-bond donors (Lipinski definition) is 2. The minimum absolute atomic E-state index is 0.253. The molecule has 0 aromatic heterocycles. The first-order valence-corrected chi connectivity index (χ1v) is 12.8. The predicted octanol–water partition coefficient (Wildman–Crippen LogP) is 6.08. The van der Waals surface area contributed by atoms with Crippen LogP contribution in [-0.4, -0.2) is 53.9 Å². The fourth-order valence-electron chi connectivity index (χ4n) is 4.84. The molecule has 7 heteroatoms. The van der Waals surface area contributed by atoms with Crippen LogP contribution in [0.2, 0.25) is 0 Å². The van der Waals surface area contributed by atoms with Crippen molar-refractivity contribution in [3.8, 4) is 0 Å². The summed E-state index contributed by atoms with van der Waals surface area (Å²) in [5, 5.41) is 10.2. The third-order valence-corrected chi connectivity index (χ3v) is 7.00. The molecule has 188 valence electrons. The van der Waals surface area contributed by atoms with Gasteiger partial charge in [-0.2, -0.15) is 0 Å². The molecule has 4 aromatic rings. The Morgan fingerprint density at radius 1 is 0.892 bits per heavy atom. The van der Waals surface area contributed by atoms with Crippen LogP contribution in [0.15, 0.2) is 66.7 Å². The molecule has 0 aliphatic carbocycles. The summed E-state index contributed by atoms with van der Waals surface area (Å²) in [4.78, 5) is 30.5. The number of fused-ring (bicyclic) bond motifs is 2. The van der Waals surface area contributed by atoms with Gasteiger partial charge in [-0.05, 0) is 78.9 Å². The smallest absolute Gasteiger partial charge is 0.262 e. The summed E-state index contributed by atoms with van der Waals surface area (Å²) in [6.45, 7) is 5.22. The Labute approximate surface area is 222 Å². The highest BCUT2D eigenvalue weighted by atomic mass is 32.1. The molecule has 0 radical (unpaired) electrons. The summed E-state index contributed by atoms with van der Waals surface area (Å²) in [6.07, 6.45) is 0. The summed E-state index contributed by atoms with van der Waals surface area (Å²) in [5.41, 5.74) is 3.94. The molecule has 1 heterocycles. The molecule has 4 aromatic carbocycles. The highest BCUT2D eigenvalue weighted by Crippen LogP contribution is 2.39. The molecule has 37 heavy (non-hydrogen) atoms. The maximum Gasteiger partial charge on any atom is 0.262 e. The van der Waals surface area contributed by atoms with E-state index < -0.39 is 0 Å². The van der Waals surface area contributed by atoms with E-state index in [9.17, 15) is 9.59 Å². The first-order valence-electron chi connectivity index (χ1n) is 12.4. The van der Waals surface area contributed by atoms with Crippen molar-refractivity contribution < 1.29 is 9.59 Å². The number of anilines is 2. The molecule has 0 saturated carbocycles. The van der Waals surface area contributed by atoms with Crippen LogP contribution in [0.1, 0.15) is 46.0 Å². The van der Waals surface area contributed by atoms with Crippen LogP contribution in [0, 0.1) is 0 Å². The van der Waals surface area contributed by atoms with Gasteiger partial charge in [-0.1, -0.05) is 50.2 Å². The van der Waals surface area contributed by atoms with Gasteiger partial charge in [-0.25, -0.2) is 0 Å². The van der Waals surface area contributed by atoms with E-state index in [4.69, 9.17) is 12.2 Å². The van der Waals surface area contributed by atoms with E-state index in [1.54, 1.807) is 6.07 Å². The van der Waals surface area contributed by atoms with E-state index in [0.717, 1.165) is 27.5 Å². The van der Waals surface area contributed by atoms with Crippen LogP contribution in [0.5, 0.6) is 0 Å². The zero-order valence-electron chi connectivity index (χ0n) is 21.5. The summed E-state index contributed by atoms with van der Waals surface area (Å²) in [6, 6.07) is 21.7. The van der Waals surface area contributed by atoms with Gasteiger partial charge in [0, 0.05) is 40.8 Å². The van der Waals surface area contributed by atoms with E-state index in [2.05, 4.69) is 36.6 Å². The number of imide groups is 1. The Morgan fingerprint density at radius 2 is 1.57 bits per heavy atom. The van der Waals surface area contributed by atoms with E-state index >= 15 is 0 Å². The lowest BCUT2D eigenvalue weighted by Crippen LogP contribution is -2.43. The second-order valence-corrected chi connectivity index (χ2v) is 10.4. The second kappa shape index (κ2) is 9.92. The molecule has 2 N–H and O–H groups in total. The molecule has 0 saturated heterocycles. The maximum atomic E-state index is 13.9. The lowest BCUT2D eigenvalue weighted by atomic mass is 9.89. The van der Waals surface area contributed by atoms with E-state index in [-0.39, 0.29) is 11.8 Å². The lowest BCUT2D eigenvalue weighted by Gasteiger charge is -2.29. The van der Waals surface area contributed by atoms with Crippen LogP contribution in [0.3, 0.4) is 0 Å². The van der Waals surface area contributed by atoms with Gasteiger partial charge in [0.2, 0.25) is 0 Å². The first kappa shape index (κ1) is 24.9. The van der Waals surface area contributed by atoms with Gasteiger partial charge in [0.1, 0.15) is 0 Å². The number of rotatable bonds is 6. The molecule has 1 aliphatic heterocycles. The summed E-state index contributed by atoms with van der Waals surface area (Å²) < 4.78 is 0. The van der Waals surface area contributed by atoms with Crippen molar-refractivity contribution in [2.24, 2.45) is 0 Å². The average molecular weight is 511 g/mol. The fraction of sp³-hybridized carbons (Fsp3) is 0.233. The highest BCUT2D eigenvalue weighted by Gasteiger charge is 2.34. The molecule has 6 nitrogen and oxygen atoms in total. The fourth-order valence-corrected chi connectivity index (χ4v) is 5.07. The maximum absolute atomic E-state index is 13.9. The zero-order valence-corrected chi connectivity index (χ0v) is 22.3. The third-order valence-electron chi connectivity index (χ3n) is 6.79. The summed E-state index contributed by atoms with van der Waals surface area (Å²) >= 11 is 5.64. The van der Waals surface area contributed by atoms with Gasteiger partial charge < -0.3 is 15.5 Å². The number of nitrogens with one attached hydrogen (secondary N) is 2. The normalized spacial score (nSPS) is 13.2. The van der Waals surface area contributed by atoms with Crippen molar-refractivity contribution in [3.63, 3.8) is 0 Å². The van der Waals surface area contributed by atoms with Gasteiger partial charge in [0.05, 0.1) is 5.56 Å². The van der Waals surface area contributed by atoms with Crippen LogP contribution in [0.4, 0.5) is 11.4 Å². The number of thiocarbonyl (C=S) groups is 1. The van der Waals surface area contributed by atoms with Gasteiger partial charge >= 0.3 is 0 Å². The standard InChI is InChI=1S/C30H30N4O2S/c1-18(2)19-11-13-22(14-12-19)31-30(37)32-24-10-6-8-21-17-20-7-5-9-23-25(20)27(26(21)24)29(36)34(28(23)35)16-15-33(3)4/h5-14,17-18H,15-16H2,1-4H3,(H2,31,32,37). The van der Waals surface area contributed by atoms with Crippen molar-refractivity contribution in [3.05, 3.63) is 83.4 Å². The van der Waals surface area contributed by atoms with Crippen LogP contribution in [0.25, 0.3) is 21.5 Å². The Balaban J connectivity index is 1.57. The number of nitrogens with zero attached hydrogens (tertiary/aromatic N) is 2. The Morgan fingerprint density at radius 3 is 2.24 bits per heavy atom. The van der Waals surface area contributed by atoms with E-state index in [0.29, 0.717) is 40.6 Å². The third kappa shape index (κ3) is 4.68. The number of likely N-dealkylation sites (N-methyl/N-ethyl adjacent to an activating group) is 1. The first-order chi connectivity index (χ1) is 17.7. The molecule has 2 amide bonds. The highest BCUT2D eigenvalue weighted by molar-refractivity contribution is 7.80. The molecule has 1 aliphatic rings. The van der Waals surface area contributed by atoms with Crippen LogP contribution >= 0.6 is 12.2 Å². The number of hydrogen-bond acceptors (Lipinski definition) is 4. The van der Waals surface area contributed by atoms with Crippen molar-refractivity contribution in [1.82, 2.24) is 9.80 Å². The second-order valence-electron chi connectivity index (χ2n) is 9.98. The van der Waals surface area contributed by atoms with Crippen molar-refractivity contribution in [2.75, 3.05) is 37.8 Å². The summed E-state index contributed by atoms with van der Waals surface area (Å²) in [5.74, 6) is -0.0801. The number of carbonyl (C=O) groups excluding carboxylic acids is 2. The Kier molecular flexibility index (Phi) is 6.67. The molecule has 0 atom stereocenters. The quantitative estimate of drug-likeness (QED) is 0.186. The summed E-state index contributed by atoms with van der Waals surface area (Å²) in [7, 11) is 3.85. The van der Waals surface area contributed by atoms with E-state index in [1.807, 2.05) is 67.5 Å². The topological polar surface area (TPSA) is 64.7 Å². The van der Waals surface area contributed by atoms with Gasteiger partial charge in [0.15, 0.2) is 5.11 Å².